The van der Waals surface area contributed by atoms with Crippen LogP contribution in [0, 0.1) is 5.82 Å². The highest BCUT2D eigenvalue weighted by molar-refractivity contribution is 7.17. The van der Waals surface area contributed by atoms with E-state index in [1.165, 1.54) is 24.2 Å². The molecule has 1 aliphatic heterocycles. The van der Waals surface area contributed by atoms with Crippen molar-refractivity contribution in [3.05, 3.63) is 71.2 Å². The molecule has 0 unspecified atom stereocenters. The second kappa shape index (κ2) is 9.48. The second-order valence-corrected chi connectivity index (χ2v) is 10.9. The molecule has 39 heavy (non-hydrogen) atoms. The number of ketones is 1. The Morgan fingerprint density at radius 3 is 2.77 bits per heavy atom. The molecule has 10 heteroatoms. The Morgan fingerprint density at radius 1 is 1.08 bits per heavy atom. The van der Waals surface area contributed by atoms with Gasteiger partial charge in [0, 0.05) is 34.9 Å². The van der Waals surface area contributed by atoms with Gasteiger partial charge < -0.3 is 4.98 Å². The summed E-state index contributed by atoms with van der Waals surface area (Å²) >= 11 is 1.43. The van der Waals surface area contributed by atoms with Crippen LogP contribution in [-0.2, 0) is 6.54 Å². The van der Waals surface area contributed by atoms with E-state index in [0.29, 0.717) is 32.9 Å². The third-order valence-corrected chi connectivity index (χ3v) is 8.39. The van der Waals surface area contributed by atoms with Crippen LogP contribution in [0.3, 0.4) is 0 Å². The van der Waals surface area contributed by atoms with E-state index in [-0.39, 0.29) is 11.5 Å². The number of H-pyrrole nitrogens is 2. The number of hydrogen-bond acceptors (Lipinski definition) is 7. The maximum absolute atomic E-state index is 16.1. The number of nitrogens with one attached hydrogen (secondary N) is 2. The lowest BCUT2D eigenvalue weighted by Crippen LogP contribution is -2.18. The van der Waals surface area contributed by atoms with Crippen molar-refractivity contribution in [2.75, 3.05) is 13.1 Å². The lowest BCUT2D eigenvalue weighted by atomic mass is 10.1. The Labute approximate surface area is 227 Å². The van der Waals surface area contributed by atoms with Gasteiger partial charge in [-0.05, 0) is 62.7 Å². The smallest absolute Gasteiger partial charge is 0.169 e. The van der Waals surface area contributed by atoms with Gasteiger partial charge in [0.15, 0.2) is 17.4 Å². The predicted molar refractivity (Wildman–Crippen MR) is 150 cm³/mol. The van der Waals surface area contributed by atoms with Crippen molar-refractivity contribution in [3.63, 3.8) is 0 Å². The molecule has 0 bridgehead atoms. The van der Waals surface area contributed by atoms with Crippen LogP contribution < -0.4 is 0 Å². The summed E-state index contributed by atoms with van der Waals surface area (Å²) in [5, 5.41) is 7.63. The molecule has 6 aromatic rings. The van der Waals surface area contributed by atoms with Crippen LogP contribution in [0.1, 0.15) is 35.0 Å². The first-order chi connectivity index (χ1) is 19.0. The molecule has 1 saturated heterocycles. The van der Waals surface area contributed by atoms with Gasteiger partial charge in [-0.25, -0.2) is 9.37 Å². The standard InChI is InChI=1S/C29H24FN7OS/c1-16(38)22-7-8-23(39-22)19-5-4-6-20-27(19)34-29(33-20)28-24-21(35-36-28)14-32-26(25(24)30)18-11-17(12-31-13-18)15-37-9-2-3-10-37/h4-8,11-14H,2-3,9-10,15H2,1H3,(H,33,34)(H,35,36). The Morgan fingerprint density at radius 2 is 1.95 bits per heavy atom. The zero-order chi connectivity index (χ0) is 26.5. The van der Waals surface area contributed by atoms with Gasteiger partial charge in [0.25, 0.3) is 0 Å². The van der Waals surface area contributed by atoms with E-state index in [2.05, 4.69) is 30.0 Å². The number of rotatable bonds is 6. The molecule has 1 aromatic carbocycles. The van der Waals surface area contributed by atoms with Crippen LogP contribution in [0.25, 0.3) is 55.2 Å². The number of halogens is 1. The van der Waals surface area contributed by atoms with Crippen molar-refractivity contribution in [3.8, 4) is 33.2 Å². The number of imidazole rings is 1. The number of likely N-dealkylation sites (tertiary alicyclic amines) is 1. The van der Waals surface area contributed by atoms with Gasteiger partial charge in [0.1, 0.15) is 11.4 Å². The summed E-state index contributed by atoms with van der Waals surface area (Å²) in [6.45, 7) is 4.50. The van der Waals surface area contributed by atoms with Crippen LogP contribution in [0.2, 0.25) is 0 Å². The van der Waals surface area contributed by atoms with Crippen molar-refractivity contribution < 1.29 is 9.18 Å². The van der Waals surface area contributed by atoms with Crippen LogP contribution in [0.4, 0.5) is 4.39 Å². The first-order valence-corrected chi connectivity index (χ1v) is 13.7. The normalized spacial score (nSPS) is 14.1. The van der Waals surface area contributed by atoms with E-state index in [1.807, 2.05) is 42.6 Å². The van der Waals surface area contributed by atoms with Crippen LogP contribution in [-0.4, -0.2) is 53.9 Å². The molecule has 0 amide bonds. The predicted octanol–water partition coefficient (Wildman–Crippen LogP) is 6.23. The summed E-state index contributed by atoms with van der Waals surface area (Å²) in [6.07, 6.45) is 7.49. The highest BCUT2D eigenvalue weighted by atomic mass is 32.1. The van der Waals surface area contributed by atoms with Crippen molar-refractivity contribution >= 4 is 39.1 Å². The molecule has 0 spiro atoms. The van der Waals surface area contributed by atoms with E-state index in [0.717, 1.165) is 46.7 Å². The number of Topliss-reactive ketones (excluding diaryl/α,β-unsaturated/α-hetero) is 1. The van der Waals surface area contributed by atoms with Crippen LogP contribution in [0.5, 0.6) is 0 Å². The Hall–Kier alpha value is -4.28. The van der Waals surface area contributed by atoms with Gasteiger partial charge in [-0.15, -0.1) is 11.3 Å². The summed E-state index contributed by atoms with van der Waals surface area (Å²) in [4.78, 5) is 32.8. The number of pyridine rings is 2. The molecule has 2 N–H and O–H groups in total. The summed E-state index contributed by atoms with van der Waals surface area (Å²) in [6, 6.07) is 11.5. The topological polar surface area (TPSA) is 103 Å². The highest BCUT2D eigenvalue weighted by Crippen LogP contribution is 2.36. The van der Waals surface area contributed by atoms with Crippen molar-refractivity contribution in [2.45, 2.75) is 26.3 Å². The minimum atomic E-state index is -0.471. The van der Waals surface area contributed by atoms with Gasteiger partial charge in [0.05, 0.1) is 33.0 Å². The zero-order valence-corrected chi connectivity index (χ0v) is 22.0. The van der Waals surface area contributed by atoms with E-state index in [4.69, 9.17) is 4.98 Å². The second-order valence-electron chi connectivity index (χ2n) is 9.85. The third-order valence-electron chi connectivity index (χ3n) is 7.17. The molecule has 0 saturated carbocycles. The molecular weight excluding hydrogens is 513 g/mol. The molecule has 0 aliphatic carbocycles. The number of aromatic amines is 2. The van der Waals surface area contributed by atoms with Crippen molar-refractivity contribution in [2.24, 2.45) is 0 Å². The van der Waals surface area contributed by atoms with Crippen molar-refractivity contribution in [1.29, 1.82) is 0 Å². The number of fused-ring (bicyclic) bond motifs is 2. The number of nitrogens with zero attached hydrogens (tertiary/aromatic N) is 5. The van der Waals surface area contributed by atoms with E-state index >= 15 is 4.39 Å². The van der Waals surface area contributed by atoms with E-state index < -0.39 is 5.82 Å². The molecule has 0 atom stereocenters. The number of carbonyl (C=O) groups is 1. The number of thiophene rings is 1. The number of aromatic nitrogens is 6. The number of hydrogen-bond donors (Lipinski definition) is 2. The molecule has 8 nitrogen and oxygen atoms in total. The van der Waals surface area contributed by atoms with Crippen molar-refractivity contribution in [1.82, 2.24) is 35.0 Å². The third kappa shape index (κ3) is 4.21. The van der Waals surface area contributed by atoms with Gasteiger partial charge in [0.2, 0.25) is 0 Å². The fourth-order valence-electron chi connectivity index (χ4n) is 5.27. The van der Waals surface area contributed by atoms with Gasteiger partial charge in [-0.2, -0.15) is 5.10 Å². The summed E-state index contributed by atoms with van der Waals surface area (Å²) < 4.78 is 16.1. The largest absolute Gasteiger partial charge is 0.337 e. The molecule has 5 aromatic heterocycles. The Bertz CT molecular complexity index is 1860. The first kappa shape index (κ1) is 23.8. The first-order valence-electron chi connectivity index (χ1n) is 12.8. The minimum absolute atomic E-state index is 0.0285. The lowest BCUT2D eigenvalue weighted by molar-refractivity contribution is 0.102. The fraction of sp³-hybridized carbons (Fsp3) is 0.207. The fourth-order valence-corrected chi connectivity index (χ4v) is 6.19. The van der Waals surface area contributed by atoms with Crippen LogP contribution in [0.15, 0.2) is 55.0 Å². The molecule has 0 radical (unpaired) electrons. The Kier molecular flexibility index (Phi) is 5.79. The minimum Gasteiger partial charge on any atom is -0.337 e. The molecule has 1 fully saturated rings. The zero-order valence-electron chi connectivity index (χ0n) is 21.2. The number of benzene rings is 1. The van der Waals surface area contributed by atoms with Crippen LogP contribution >= 0.6 is 11.3 Å². The SMILES string of the molecule is CC(=O)c1ccc(-c2cccc3[nH]c(-c4n[nH]c5cnc(-c6cncc(CN7CCCC7)c6)c(F)c45)nc23)s1. The maximum Gasteiger partial charge on any atom is 0.169 e. The van der Waals surface area contributed by atoms with Gasteiger partial charge in [-0.3, -0.25) is 24.8 Å². The number of para-hydroxylation sites is 1. The molecular formula is C29H24FN7OS. The monoisotopic (exact) mass is 537 g/mol. The van der Waals surface area contributed by atoms with E-state index in [9.17, 15) is 4.79 Å². The Balaban J connectivity index is 1.30. The van der Waals surface area contributed by atoms with Gasteiger partial charge in [-0.1, -0.05) is 12.1 Å². The highest BCUT2D eigenvalue weighted by Gasteiger charge is 2.22. The number of carbonyl (C=O) groups excluding carboxylic acids is 1. The molecule has 7 rings (SSSR count). The average molecular weight is 538 g/mol. The van der Waals surface area contributed by atoms with E-state index in [1.54, 1.807) is 19.3 Å². The maximum atomic E-state index is 16.1. The quantitative estimate of drug-likeness (QED) is 0.244. The van der Waals surface area contributed by atoms with Gasteiger partial charge >= 0.3 is 0 Å². The summed E-state index contributed by atoms with van der Waals surface area (Å²) in [5.41, 5.74) is 5.18. The molecule has 1 aliphatic rings. The summed E-state index contributed by atoms with van der Waals surface area (Å²) in [7, 11) is 0. The molecule has 6 heterocycles. The molecule has 194 valence electrons. The summed E-state index contributed by atoms with van der Waals surface area (Å²) in [5.74, 6) is 0.00576. The lowest BCUT2D eigenvalue weighted by Gasteiger charge is -2.14. The average Bonchev–Trinajstić information content (AvgIpc) is 3.74.